The first-order valence-corrected chi connectivity index (χ1v) is 8.68. The van der Waals surface area contributed by atoms with Crippen LogP contribution in [-0.2, 0) is 4.79 Å². The minimum absolute atomic E-state index is 0.00763. The van der Waals surface area contributed by atoms with Gasteiger partial charge >= 0.3 is 0 Å². The molecule has 2 amide bonds. The van der Waals surface area contributed by atoms with Crippen LogP contribution in [0.4, 0.5) is 5.69 Å². The van der Waals surface area contributed by atoms with Crippen LogP contribution in [0.3, 0.4) is 0 Å². The van der Waals surface area contributed by atoms with Crippen molar-refractivity contribution in [3.8, 4) is 23.0 Å². The second kappa shape index (κ2) is 10.4. The summed E-state index contributed by atoms with van der Waals surface area (Å²) in [6.07, 6.45) is 1.01. The standard InChI is InChI=1S/C19H20N4O8/c1-29-15-7-11(8-16(30-2)18(15)31-3)19(26)20-10-17(25)22-21-9-12-6-13(24)4-5-14(12)23(27)28/h4-9,24H,10H2,1-3H3,(H,20,26)(H,22,25). The highest BCUT2D eigenvalue weighted by Gasteiger charge is 2.17. The molecule has 0 saturated carbocycles. The molecule has 31 heavy (non-hydrogen) atoms. The molecule has 2 aromatic rings. The Morgan fingerprint density at radius 3 is 2.32 bits per heavy atom. The van der Waals surface area contributed by atoms with Crippen LogP contribution in [0.2, 0.25) is 0 Å². The van der Waals surface area contributed by atoms with E-state index in [9.17, 15) is 24.8 Å². The second-order valence-corrected chi connectivity index (χ2v) is 5.89. The number of hydrogen-bond donors (Lipinski definition) is 3. The summed E-state index contributed by atoms with van der Waals surface area (Å²) in [5.41, 5.74) is 1.99. The molecule has 0 bridgehead atoms. The molecule has 0 aliphatic heterocycles. The molecule has 0 aliphatic rings. The number of hydrogen-bond acceptors (Lipinski definition) is 9. The van der Waals surface area contributed by atoms with E-state index in [1.54, 1.807) is 0 Å². The van der Waals surface area contributed by atoms with E-state index in [1.807, 2.05) is 0 Å². The molecule has 2 rings (SSSR count). The normalized spacial score (nSPS) is 10.4. The van der Waals surface area contributed by atoms with Crippen molar-refractivity contribution in [2.24, 2.45) is 5.10 Å². The SMILES string of the molecule is COc1cc(C(=O)NCC(=O)NN=Cc2cc(O)ccc2[N+](=O)[O-])cc(OC)c1OC. The van der Waals surface area contributed by atoms with Gasteiger partial charge in [-0.05, 0) is 24.3 Å². The van der Waals surface area contributed by atoms with Gasteiger partial charge in [0.05, 0.1) is 44.6 Å². The van der Waals surface area contributed by atoms with E-state index in [0.29, 0.717) is 5.75 Å². The predicted octanol–water partition coefficient (Wildman–Crippen LogP) is 1.21. The second-order valence-electron chi connectivity index (χ2n) is 5.89. The Kier molecular flexibility index (Phi) is 7.72. The Bertz CT molecular complexity index is 997. The summed E-state index contributed by atoms with van der Waals surface area (Å²) < 4.78 is 15.5. The fourth-order valence-corrected chi connectivity index (χ4v) is 2.50. The molecule has 0 spiro atoms. The summed E-state index contributed by atoms with van der Waals surface area (Å²) in [6, 6.07) is 6.24. The Hall–Kier alpha value is -4.35. The van der Waals surface area contributed by atoms with Gasteiger partial charge in [-0.2, -0.15) is 5.10 Å². The van der Waals surface area contributed by atoms with E-state index in [1.165, 1.54) is 33.5 Å². The smallest absolute Gasteiger partial charge is 0.278 e. The number of phenolic OH excluding ortho intramolecular Hbond substituents is 1. The van der Waals surface area contributed by atoms with Gasteiger partial charge in [-0.3, -0.25) is 19.7 Å². The maximum Gasteiger partial charge on any atom is 0.278 e. The number of hydrazone groups is 1. The van der Waals surface area contributed by atoms with Gasteiger partial charge in [0.15, 0.2) is 11.5 Å². The van der Waals surface area contributed by atoms with Crippen molar-refractivity contribution in [2.75, 3.05) is 27.9 Å². The third-order valence-corrected chi connectivity index (χ3v) is 3.94. The highest BCUT2D eigenvalue weighted by atomic mass is 16.6. The number of nitrogens with one attached hydrogen (secondary N) is 2. The van der Waals surface area contributed by atoms with Crippen LogP contribution in [0.15, 0.2) is 35.4 Å². The molecule has 0 aromatic heterocycles. The third kappa shape index (κ3) is 5.82. The van der Waals surface area contributed by atoms with Crippen LogP contribution >= 0.6 is 0 Å². The molecule has 3 N–H and O–H groups in total. The average molecular weight is 432 g/mol. The number of methoxy groups -OCH3 is 3. The Balaban J connectivity index is 2.01. The van der Waals surface area contributed by atoms with Crippen molar-refractivity contribution in [1.29, 1.82) is 0 Å². The van der Waals surface area contributed by atoms with E-state index in [4.69, 9.17) is 14.2 Å². The first kappa shape index (κ1) is 22.9. The lowest BCUT2D eigenvalue weighted by molar-refractivity contribution is -0.385. The first-order chi connectivity index (χ1) is 14.8. The third-order valence-electron chi connectivity index (χ3n) is 3.94. The fourth-order valence-electron chi connectivity index (χ4n) is 2.50. The maximum atomic E-state index is 12.4. The number of carbonyl (C=O) groups is 2. The molecule has 12 heteroatoms. The summed E-state index contributed by atoms with van der Waals surface area (Å²) in [5.74, 6) is -0.602. The number of phenols is 1. The molecule has 0 radical (unpaired) electrons. The molecule has 0 saturated heterocycles. The number of amides is 2. The Morgan fingerprint density at radius 1 is 1.13 bits per heavy atom. The van der Waals surface area contributed by atoms with Gasteiger partial charge in [0.1, 0.15) is 5.75 Å². The van der Waals surface area contributed by atoms with Crippen molar-refractivity contribution in [3.63, 3.8) is 0 Å². The number of rotatable bonds is 9. The van der Waals surface area contributed by atoms with Crippen molar-refractivity contribution in [1.82, 2.24) is 10.7 Å². The zero-order valence-corrected chi connectivity index (χ0v) is 16.9. The monoisotopic (exact) mass is 432 g/mol. The van der Waals surface area contributed by atoms with E-state index in [0.717, 1.165) is 24.4 Å². The van der Waals surface area contributed by atoms with Crippen molar-refractivity contribution in [2.45, 2.75) is 0 Å². The minimum Gasteiger partial charge on any atom is -0.508 e. The van der Waals surface area contributed by atoms with Crippen LogP contribution < -0.4 is 25.0 Å². The zero-order chi connectivity index (χ0) is 23.0. The van der Waals surface area contributed by atoms with Gasteiger partial charge in [0.2, 0.25) is 5.75 Å². The summed E-state index contributed by atoms with van der Waals surface area (Å²) >= 11 is 0. The fraction of sp³-hybridized carbons (Fsp3) is 0.211. The molecule has 0 fully saturated rings. The number of aromatic hydroxyl groups is 1. The van der Waals surface area contributed by atoms with Crippen molar-refractivity contribution >= 4 is 23.7 Å². The van der Waals surface area contributed by atoms with Crippen LogP contribution in [-0.4, -0.2) is 55.9 Å². The Labute approximate surface area is 176 Å². The highest BCUT2D eigenvalue weighted by Crippen LogP contribution is 2.38. The Morgan fingerprint density at radius 2 is 1.77 bits per heavy atom. The summed E-state index contributed by atoms with van der Waals surface area (Å²) in [4.78, 5) is 34.6. The van der Waals surface area contributed by atoms with Crippen molar-refractivity contribution in [3.05, 3.63) is 51.6 Å². The quantitative estimate of drug-likeness (QED) is 0.302. The van der Waals surface area contributed by atoms with E-state index in [-0.39, 0.29) is 34.1 Å². The van der Waals surface area contributed by atoms with Gasteiger partial charge in [-0.1, -0.05) is 0 Å². The number of nitro groups is 1. The van der Waals surface area contributed by atoms with E-state index < -0.39 is 23.3 Å². The maximum absolute atomic E-state index is 12.4. The summed E-state index contributed by atoms with van der Waals surface area (Å²) in [5, 5.41) is 26.4. The lowest BCUT2D eigenvalue weighted by Gasteiger charge is -2.14. The summed E-state index contributed by atoms with van der Waals surface area (Å²) in [6.45, 7) is -0.422. The molecular formula is C19H20N4O8. The van der Waals surface area contributed by atoms with Crippen LogP contribution in [0, 0.1) is 10.1 Å². The molecule has 164 valence electrons. The van der Waals surface area contributed by atoms with Gasteiger partial charge in [-0.25, -0.2) is 5.43 Å². The van der Waals surface area contributed by atoms with Gasteiger partial charge < -0.3 is 24.6 Å². The summed E-state index contributed by atoms with van der Waals surface area (Å²) in [7, 11) is 4.24. The highest BCUT2D eigenvalue weighted by molar-refractivity contribution is 5.97. The van der Waals surface area contributed by atoms with E-state index in [2.05, 4.69) is 15.8 Å². The van der Waals surface area contributed by atoms with Crippen molar-refractivity contribution < 1.29 is 33.8 Å². The first-order valence-electron chi connectivity index (χ1n) is 8.68. The number of nitrogens with zero attached hydrogens (tertiary/aromatic N) is 2. The zero-order valence-electron chi connectivity index (χ0n) is 16.9. The number of carbonyl (C=O) groups excluding carboxylic acids is 2. The number of ether oxygens (including phenoxy) is 3. The number of nitro benzene ring substituents is 1. The molecule has 0 heterocycles. The average Bonchev–Trinajstić information content (AvgIpc) is 2.76. The molecule has 2 aromatic carbocycles. The molecule has 12 nitrogen and oxygen atoms in total. The minimum atomic E-state index is -0.681. The van der Waals surface area contributed by atoms with Crippen LogP contribution in [0.5, 0.6) is 23.0 Å². The largest absolute Gasteiger partial charge is 0.508 e. The molecule has 0 aliphatic carbocycles. The topological polar surface area (TPSA) is 162 Å². The van der Waals surface area contributed by atoms with Gasteiger partial charge in [0, 0.05) is 11.6 Å². The number of benzene rings is 2. The van der Waals surface area contributed by atoms with Gasteiger partial charge in [-0.15, -0.1) is 0 Å². The van der Waals surface area contributed by atoms with Gasteiger partial charge in [0.25, 0.3) is 17.5 Å². The molecule has 0 unspecified atom stereocenters. The predicted molar refractivity (Wildman–Crippen MR) is 109 cm³/mol. The lowest BCUT2D eigenvalue weighted by Crippen LogP contribution is -2.35. The molecular weight excluding hydrogens is 412 g/mol. The van der Waals surface area contributed by atoms with Crippen LogP contribution in [0.1, 0.15) is 15.9 Å². The lowest BCUT2D eigenvalue weighted by atomic mass is 10.1. The van der Waals surface area contributed by atoms with Crippen LogP contribution in [0.25, 0.3) is 0 Å². The molecule has 0 atom stereocenters. The van der Waals surface area contributed by atoms with E-state index >= 15 is 0 Å².